The summed E-state index contributed by atoms with van der Waals surface area (Å²) in [7, 11) is 0. The maximum Gasteiger partial charge on any atom is 0.537 e. The van der Waals surface area contributed by atoms with Crippen molar-refractivity contribution in [3.63, 3.8) is 0 Å². The van der Waals surface area contributed by atoms with E-state index in [0.717, 1.165) is 19.3 Å². The Morgan fingerprint density at radius 3 is 2.13 bits per heavy atom. The van der Waals surface area contributed by atoms with Crippen LogP contribution in [0.3, 0.4) is 0 Å². The number of hydrogen-bond donors (Lipinski definition) is 2. The van der Waals surface area contributed by atoms with Gasteiger partial charge in [-0.05, 0) is 12.8 Å². The molecule has 0 aliphatic carbocycles. The summed E-state index contributed by atoms with van der Waals surface area (Å²) in [4.78, 5) is 28.2. The number of carboxylic acid groups (broad SMARTS) is 2. The van der Waals surface area contributed by atoms with Crippen LogP contribution in [-0.2, 0) is 14.6 Å². The van der Waals surface area contributed by atoms with Crippen LogP contribution in [0.15, 0.2) is 0 Å². The van der Waals surface area contributed by atoms with Crippen LogP contribution in [0, 0.1) is 0 Å². The van der Waals surface area contributed by atoms with Gasteiger partial charge < -0.3 is 10.2 Å². The highest BCUT2D eigenvalue weighted by Gasteiger charge is 1.98. The largest absolute Gasteiger partial charge is 0.537 e. The number of carboxylic acids is 1. The lowest BCUT2D eigenvalue weighted by Crippen LogP contribution is -2.02. The first-order valence-corrected chi connectivity index (χ1v) is 4.87. The van der Waals surface area contributed by atoms with Crippen molar-refractivity contribution in [2.45, 2.75) is 38.5 Å². The van der Waals surface area contributed by atoms with Crippen LogP contribution < -0.4 is 0 Å². The summed E-state index contributed by atoms with van der Waals surface area (Å²) in [5.74, 6) is -0.770. The van der Waals surface area contributed by atoms with Gasteiger partial charge in [0.2, 0.25) is 0 Å². The van der Waals surface area contributed by atoms with Crippen molar-refractivity contribution < 1.29 is 29.6 Å². The molecule has 0 amide bonds. The van der Waals surface area contributed by atoms with E-state index in [1.54, 1.807) is 0 Å². The Morgan fingerprint density at radius 2 is 1.53 bits per heavy atom. The maximum absolute atomic E-state index is 10.1. The van der Waals surface area contributed by atoms with Gasteiger partial charge in [0.05, 0.1) is 6.61 Å². The highest BCUT2D eigenvalue weighted by Crippen LogP contribution is 2.05. The van der Waals surface area contributed by atoms with Crippen molar-refractivity contribution in [1.29, 1.82) is 0 Å². The molecule has 6 nitrogen and oxygen atoms in total. The lowest BCUT2D eigenvalue weighted by molar-refractivity contribution is -0.251. The van der Waals surface area contributed by atoms with Gasteiger partial charge in [-0.1, -0.05) is 19.3 Å². The van der Waals surface area contributed by atoms with E-state index in [1.807, 2.05) is 0 Å². The number of hydrogen-bond acceptors (Lipinski definition) is 4. The molecule has 0 unspecified atom stereocenters. The number of aliphatic carboxylic acids is 1. The number of rotatable bonds is 9. The molecular weight excluding hydrogens is 204 g/mol. The second kappa shape index (κ2) is 9.26. The molecule has 6 heteroatoms. The van der Waals surface area contributed by atoms with E-state index < -0.39 is 12.1 Å². The highest BCUT2D eigenvalue weighted by molar-refractivity contribution is 5.66. The molecule has 0 fully saturated rings. The minimum Gasteiger partial charge on any atom is -0.481 e. The van der Waals surface area contributed by atoms with Crippen LogP contribution in [0.1, 0.15) is 38.5 Å². The van der Waals surface area contributed by atoms with Gasteiger partial charge in [0.1, 0.15) is 0 Å². The molecular formula is C9H16O6. The standard InChI is InChI=1S/C9H16O6/c10-8(11)6-4-2-1-3-5-7-14-15-9(12)13/h1-7H2,(H,10,11)(H,12,13). The topological polar surface area (TPSA) is 93.1 Å². The lowest BCUT2D eigenvalue weighted by atomic mass is 10.1. The molecule has 15 heavy (non-hydrogen) atoms. The van der Waals surface area contributed by atoms with Crippen molar-refractivity contribution in [2.75, 3.05) is 6.61 Å². The lowest BCUT2D eigenvalue weighted by Gasteiger charge is -2.00. The van der Waals surface area contributed by atoms with E-state index in [0.29, 0.717) is 12.8 Å². The van der Waals surface area contributed by atoms with Crippen molar-refractivity contribution in [3.8, 4) is 0 Å². The fraction of sp³-hybridized carbons (Fsp3) is 0.778. The zero-order valence-electron chi connectivity index (χ0n) is 8.48. The smallest absolute Gasteiger partial charge is 0.481 e. The minimum atomic E-state index is -1.45. The number of unbranched alkanes of at least 4 members (excludes halogenated alkanes) is 4. The first kappa shape index (κ1) is 13.7. The fourth-order valence-corrected chi connectivity index (χ4v) is 1.06. The van der Waals surface area contributed by atoms with Crippen LogP contribution in [0.25, 0.3) is 0 Å². The van der Waals surface area contributed by atoms with E-state index in [4.69, 9.17) is 10.2 Å². The average molecular weight is 220 g/mol. The molecule has 0 saturated heterocycles. The molecule has 0 bridgehead atoms. The Labute approximate surface area is 87.7 Å². The first-order valence-electron chi connectivity index (χ1n) is 4.87. The molecule has 0 saturated carbocycles. The second-order valence-corrected chi connectivity index (χ2v) is 3.08. The van der Waals surface area contributed by atoms with Crippen molar-refractivity contribution in [2.24, 2.45) is 0 Å². The van der Waals surface area contributed by atoms with Crippen LogP contribution in [0.2, 0.25) is 0 Å². The van der Waals surface area contributed by atoms with E-state index in [-0.39, 0.29) is 13.0 Å². The zero-order valence-corrected chi connectivity index (χ0v) is 8.48. The third-order valence-electron chi connectivity index (χ3n) is 1.75. The van der Waals surface area contributed by atoms with E-state index in [1.165, 1.54) is 0 Å². The Hall–Kier alpha value is -1.30. The Bertz CT molecular complexity index is 171. The molecule has 0 heterocycles. The summed E-state index contributed by atoms with van der Waals surface area (Å²) in [6.07, 6.45) is 2.82. The van der Waals surface area contributed by atoms with Crippen LogP contribution in [0.4, 0.5) is 4.79 Å². The third kappa shape index (κ3) is 12.7. The number of carbonyl (C=O) groups is 2. The summed E-state index contributed by atoms with van der Waals surface area (Å²) < 4.78 is 0. The molecule has 0 aliphatic heterocycles. The van der Waals surface area contributed by atoms with Crippen molar-refractivity contribution in [3.05, 3.63) is 0 Å². The Morgan fingerprint density at radius 1 is 0.933 bits per heavy atom. The SMILES string of the molecule is O=C(O)CCCCCCCOOC(=O)O. The molecule has 2 N–H and O–H groups in total. The van der Waals surface area contributed by atoms with Crippen molar-refractivity contribution in [1.82, 2.24) is 0 Å². The summed E-state index contributed by atoms with van der Waals surface area (Å²) in [5.41, 5.74) is 0. The monoisotopic (exact) mass is 220 g/mol. The van der Waals surface area contributed by atoms with E-state index in [2.05, 4.69) is 9.78 Å². The molecule has 0 radical (unpaired) electrons. The summed E-state index contributed by atoms with van der Waals surface area (Å²) in [6, 6.07) is 0. The average Bonchev–Trinajstić information content (AvgIpc) is 2.14. The zero-order chi connectivity index (χ0) is 11.5. The van der Waals surface area contributed by atoms with Gasteiger partial charge in [-0.2, -0.15) is 4.89 Å². The van der Waals surface area contributed by atoms with E-state index >= 15 is 0 Å². The van der Waals surface area contributed by atoms with Gasteiger partial charge in [-0.25, -0.2) is 4.79 Å². The summed E-state index contributed by atoms with van der Waals surface area (Å²) in [6.45, 7) is 0.241. The Balaban J connectivity index is 2.99. The quantitative estimate of drug-likeness (QED) is 0.351. The van der Waals surface area contributed by atoms with Gasteiger partial charge in [-0.15, -0.1) is 0 Å². The van der Waals surface area contributed by atoms with E-state index in [9.17, 15) is 9.59 Å². The molecule has 0 rings (SSSR count). The van der Waals surface area contributed by atoms with Crippen LogP contribution in [-0.4, -0.2) is 28.9 Å². The summed E-state index contributed by atoms with van der Waals surface area (Å²) >= 11 is 0. The molecule has 0 aromatic rings. The molecule has 0 spiro atoms. The van der Waals surface area contributed by atoms with Gasteiger partial charge in [0.15, 0.2) is 0 Å². The second-order valence-electron chi connectivity index (χ2n) is 3.08. The summed E-state index contributed by atoms with van der Waals surface area (Å²) in [5, 5.41) is 16.4. The third-order valence-corrected chi connectivity index (χ3v) is 1.75. The van der Waals surface area contributed by atoms with Crippen LogP contribution >= 0.6 is 0 Å². The highest BCUT2D eigenvalue weighted by atomic mass is 17.2. The predicted molar refractivity (Wildman–Crippen MR) is 50.4 cm³/mol. The minimum absolute atomic E-state index is 0.207. The Kier molecular flexibility index (Phi) is 8.46. The predicted octanol–water partition coefficient (Wildman–Crippen LogP) is 2.04. The normalized spacial score (nSPS) is 9.87. The van der Waals surface area contributed by atoms with Gasteiger partial charge in [0, 0.05) is 6.42 Å². The molecule has 0 aliphatic rings. The van der Waals surface area contributed by atoms with Gasteiger partial charge in [-0.3, -0.25) is 9.68 Å². The first-order chi connectivity index (χ1) is 7.13. The van der Waals surface area contributed by atoms with Crippen LogP contribution in [0.5, 0.6) is 0 Å². The molecule has 0 aromatic carbocycles. The van der Waals surface area contributed by atoms with Crippen molar-refractivity contribution >= 4 is 12.1 Å². The van der Waals surface area contributed by atoms with Gasteiger partial charge in [0.25, 0.3) is 0 Å². The fourth-order valence-electron chi connectivity index (χ4n) is 1.06. The maximum atomic E-state index is 10.1. The van der Waals surface area contributed by atoms with Gasteiger partial charge >= 0.3 is 12.1 Å². The molecule has 88 valence electrons. The molecule has 0 atom stereocenters. The molecule has 0 aromatic heterocycles.